The van der Waals surface area contributed by atoms with Gasteiger partial charge in [0.1, 0.15) is 5.75 Å². The molecule has 3 N–H and O–H groups in total. The predicted octanol–water partition coefficient (Wildman–Crippen LogP) is 1.53. The largest absolute Gasteiger partial charge is 0.483 e. The van der Waals surface area contributed by atoms with Crippen LogP contribution in [0.25, 0.3) is 0 Å². The highest BCUT2D eigenvalue weighted by Gasteiger charge is 2.09. The van der Waals surface area contributed by atoms with Gasteiger partial charge >= 0.3 is 0 Å². The summed E-state index contributed by atoms with van der Waals surface area (Å²) in [5, 5.41) is 2.68. The fourth-order valence-corrected chi connectivity index (χ4v) is 1.53. The van der Waals surface area contributed by atoms with Crippen molar-refractivity contribution < 1.29 is 9.53 Å². The summed E-state index contributed by atoms with van der Waals surface area (Å²) in [5.41, 5.74) is 7.85. The van der Waals surface area contributed by atoms with Crippen LogP contribution in [0.2, 0.25) is 0 Å². The van der Waals surface area contributed by atoms with E-state index in [0.29, 0.717) is 12.3 Å². The number of carbonyl (C=O) groups excluding carboxylic acids is 1. The zero-order valence-corrected chi connectivity index (χ0v) is 10.6. The van der Waals surface area contributed by atoms with Gasteiger partial charge in [-0.2, -0.15) is 0 Å². The Hall–Kier alpha value is -1.55. The second-order valence-corrected chi connectivity index (χ2v) is 4.07. The van der Waals surface area contributed by atoms with Crippen LogP contribution in [-0.2, 0) is 4.79 Å². The van der Waals surface area contributed by atoms with Crippen LogP contribution < -0.4 is 15.8 Å². The Morgan fingerprint density at radius 3 is 2.82 bits per heavy atom. The lowest BCUT2D eigenvalue weighted by atomic mass is 10.1. The summed E-state index contributed by atoms with van der Waals surface area (Å²) in [6, 6.07) is 5.71. The summed E-state index contributed by atoms with van der Waals surface area (Å²) in [5.74, 6) is 0.566. The highest BCUT2D eigenvalue weighted by molar-refractivity contribution is 5.77. The van der Waals surface area contributed by atoms with Crippen molar-refractivity contribution in [2.24, 2.45) is 5.73 Å². The maximum atomic E-state index is 11.3. The molecule has 0 saturated carbocycles. The monoisotopic (exact) mass is 236 g/mol. The number of rotatable bonds is 5. The van der Waals surface area contributed by atoms with Gasteiger partial charge in [0.25, 0.3) is 5.91 Å². The van der Waals surface area contributed by atoms with E-state index in [1.165, 1.54) is 0 Å². The van der Waals surface area contributed by atoms with Crippen LogP contribution in [0, 0.1) is 6.92 Å². The van der Waals surface area contributed by atoms with Gasteiger partial charge in [0.15, 0.2) is 6.61 Å². The molecular weight excluding hydrogens is 216 g/mol. The van der Waals surface area contributed by atoms with Gasteiger partial charge < -0.3 is 15.8 Å². The number of nitrogens with two attached hydrogens (primary N) is 1. The smallest absolute Gasteiger partial charge is 0.257 e. The highest BCUT2D eigenvalue weighted by atomic mass is 16.5. The first-order valence-electron chi connectivity index (χ1n) is 5.80. The van der Waals surface area contributed by atoms with Crippen LogP contribution in [0.1, 0.15) is 31.0 Å². The first-order valence-corrected chi connectivity index (χ1v) is 5.80. The van der Waals surface area contributed by atoms with Crippen molar-refractivity contribution in [3.05, 3.63) is 29.3 Å². The molecule has 1 amide bonds. The standard InChI is InChI=1S/C13H20N2O2/c1-4-15-13(16)8-17-12-7-9(2)5-6-11(12)10(3)14/h5-7,10H,4,8,14H2,1-3H3,(H,15,16)/t10-/m0/s1. The molecule has 0 aromatic heterocycles. The number of aryl methyl sites for hydroxylation is 1. The SMILES string of the molecule is CCNC(=O)COc1cc(C)ccc1[C@H](C)N. The Kier molecular flexibility index (Phi) is 4.97. The van der Waals surface area contributed by atoms with E-state index < -0.39 is 0 Å². The number of hydrogen-bond donors (Lipinski definition) is 2. The molecule has 0 unspecified atom stereocenters. The van der Waals surface area contributed by atoms with Crippen molar-refractivity contribution in [1.29, 1.82) is 0 Å². The van der Waals surface area contributed by atoms with E-state index in [4.69, 9.17) is 10.5 Å². The number of amides is 1. The van der Waals surface area contributed by atoms with Gasteiger partial charge in [0, 0.05) is 18.2 Å². The molecule has 4 heteroatoms. The van der Waals surface area contributed by atoms with E-state index in [1.807, 2.05) is 39.0 Å². The van der Waals surface area contributed by atoms with E-state index in [2.05, 4.69) is 5.32 Å². The summed E-state index contributed by atoms with van der Waals surface area (Å²) >= 11 is 0. The van der Waals surface area contributed by atoms with Crippen molar-refractivity contribution >= 4 is 5.91 Å². The topological polar surface area (TPSA) is 64.3 Å². The van der Waals surface area contributed by atoms with E-state index in [1.54, 1.807) is 0 Å². The van der Waals surface area contributed by atoms with E-state index >= 15 is 0 Å². The lowest BCUT2D eigenvalue weighted by Crippen LogP contribution is -2.28. The minimum Gasteiger partial charge on any atom is -0.483 e. The molecule has 1 rings (SSSR count). The molecular formula is C13H20N2O2. The lowest BCUT2D eigenvalue weighted by molar-refractivity contribution is -0.123. The Morgan fingerprint density at radius 1 is 1.53 bits per heavy atom. The third-order valence-corrected chi connectivity index (χ3v) is 2.39. The molecule has 0 spiro atoms. The van der Waals surface area contributed by atoms with Gasteiger partial charge in [-0.25, -0.2) is 0 Å². The van der Waals surface area contributed by atoms with Crippen molar-refractivity contribution in [1.82, 2.24) is 5.32 Å². The van der Waals surface area contributed by atoms with E-state index in [0.717, 1.165) is 11.1 Å². The fourth-order valence-electron chi connectivity index (χ4n) is 1.53. The van der Waals surface area contributed by atoms with Crippen LogP contribution in [0.4, 0.5) is 0 Å². The van der Waals surface area contributed by atoms with Gasteiger partial charge in [0.2, 0.25) is 0 Å². The van der Waals surface area contributed by atoms with Crippen molar-refractivity contribution in [3.8, 4) is 5.75 Å². The third-order valence-electron chi connectivity index (χ3n) is 2.39. The average Bonchev–Trinajstić information content (AvgIpc) is 2.26. The molecule has 94 valence electrons. The molecule has 0 aliphatic rings. The summed E-state index contributed by atoms with van der Waals surface area (Å²) in [6.45, 7) is 6.37. The van der Waals surface area contributed by atoms with E-state index in [-0.39, 0.29) is 18.6 Å². The van der Waals surface area contributed by atoms with Crippen LogP contribution in [0.3, 0.4) is 0 Å². The molecule has 0 heterocycles. The Balaban J connectivity index is 2.75. The average molecular weight is 236 g/mol. The Bertz CT molecular complexity index is 389. The van der Waals surface area contributed by atoms with Gasteiger partial charge in [-0.1, -0.05) is 12.1 Å². The maximum absolute atomic E-state index is 11.3. The van der Waals surface area contributed by atoms with Crippen molar-refractivity contribution in [2.45, 2.75) is 26.8 Å². The highest BCUT2D eigenvalue weighted by Crippen LogP contribution is 2.24. The molecule has 0 bridgehead atoms. The molecule has 0 aliphatic heterocycles. The second kappa shape index (κ2) is 6.25. The normalized spacial score (nSPS) is 12.0. The zero-order valence-electron chi connectivity index (χ0n) is 10.6. The summed E-state index contributed by atoms with van der Waals surface area (Å²) < 4.78 is 5.50. The van der Waals surface area contributed by atoms with Crippen LogP contribution in [-0.4, -0.2) is 19.1 Å². The van der Waals surface area contributed by atoms with Gasteiger partial charge in [-0.3, -0.25) is 4.79 Å². The molecule has 1 aromatic carbocycles. The lowest BCUT2D eigenvalue weighted by Gasteiger charge is -2.14. The minimum absolute atomic E-state index is 0.0248. The Labute approximate surface area is 102 Å². The molecule has 0 saturated heterocycles. The summed E-state index contributed by atoms with van der Waals surface area (Å²) in [6.07, 6.45) is 0. The summed E-state index contributed by atoms with van der Waals surface area (Å²) in [4.78, 5) is 11.3. The number of benzene rings is 1. The second-order valence-electron chi connectivity index (χ2n) is 4.07. The predicted molar refractivity (Wildman–Crippen MR) is 68.0 cm³/mol. The van der Waals surface area contributed by atoms with Crippen molar-refractivity contribution in [2.75, 3.05) is 13.2 Å². The minimum atomic E-state index is -0.121. The van der Waals surface area contributed by atoms with Gasteiger partial charge in [-0.05, 0) is 32.4 Å². The number of nitrogens with one attached hydrogen (secondary N) is 1. The molecule has 4 nitrogen and oxygen atoms in total. The van der Waals surface area contributed by atoms with Crippen LogP contribution in [0.15, 0.2) is 18.2 Å². The number of hydrogen-bond acceptors (Lipinski definition) is 3. The molecule has 17 heavy (non-hydrogen) atoms. The van der Waals surface area contributed by atoms with Crippen LogP contribution >= 0.6 is 0 Å². The molecule has 1 aromatic rings. The van der Waals surface area contributed by atoms with Gasteiger partial charge in [-0.15, -0.1) is 0 Å². The molecule has 0 fully saturated rings. The number of ether oxygens (including phenoxy) is 1. The fraction of sp³-hybridized carbons (Fsp3) is 0.462. The number of likely N-dealkylation sites (N-methyl/N-ethyl adjacent to an activating group) is 1. The molecule has 1 atom stereocenters. The summed E-state index contributed by atoms with van der Waals surface area (Å²) in [7, 11) is 0. The maximum Gasteiger partial charge on any atom is 0.257 e. The first kappa shape index (κ1) is 13.5. The van der Waals surface area contributed by atoms with Crippen molar-refractivity contribution in [3.63, 3.8) is 0 Å². The first-order chi connectivity index (χ1) is 8.04. The number of carbonyl (C=O) groups is 1. The third kappa shape index (κ3) is 4.07. The van der Waals surface area contributed by atoms with E-state index in [9.17, 15) is 4.79 Å². The molecule has 0 aliphatic carbocycles. The van der Waals surface area contributed by atoms with Gasteiger partial charge in [0.05, 0.1) is 0 Å². The van der Waals surface area contributed by atoms with Crippen LogP contribution in [0.5, 0.6) is 5.75 Å². The quantitative estimate of drug-likeness (QED) is 0.815. The molecule has 0 radical (unpaired) electrons. The zero-order chi connectivity index (χ0) is 12.8. The Morgan fingerprint density at radius 2 is 2.24 bits per heavy atom.